The van der Waals surface area contributed by atoms with Crippen LogP contribution in [0.5, 0.6) is 0 Å². The second-order valence-electron chi connectivity index (χ2n) is 3.28. The van der Waals surface area contributed by atoms with E-state index in [4.69, 9.17) is 9.08 Å². The van der Waals surface area contributed by atoms with E-state index in [-0.39, 0.29) is 6.61 Å². The number of rotatable bonds is 7. The van der Waals surface area contributed by atoms with Gasteiger partial charge in [-0.05, 0) is 6.92 Å². The molecule has 0 radical (unpaired) electrons. The molecule has 0 bridgehead atoms. The first-order valence-corrected chi connectivity index (χ1v) is 8.16. The molecule has 2 unspecified atom stereocenters. The summed E-state index contributed by atoms with van der Waals surface area (Å²) in [5, 5.41) is 0. The van der Waals surface area contributed by atoms with Gasteiger partial charge in [-0.3, -0.25) is 9.12 Å². The molecule has 6 nitrogen and oxygen atoms in total. The molecule has 0 aromatic carbocycles. The molecule has 0 saturated carbocycles. The summed E-state index contributed by atoms with van der Waals surface area (Å²) in [7, 11) is -5.96. The molecule has 8 heteroatoms. The van der Waals surface area contributed by atoms with Crippen LogP contribution in [0, 0.1) is 5.92 Å². The van der Waals surface area contributed by atoms with E-state index in [1.54, 1.807) is 19.1 Å². The summed E-state index contributed by atoms with van der Waals surface area (Å²) >= 11 is 0. The van der Waals surface area contributed by atoms with Gasteiger partial charge >= 0.3 is 7.60 Å². The van der Waals surface area contributed by atoms with E-state index >= 15 is 0 Å². The minimum atomic E-state index is -4.08. The van der Waals surface area contributed by atoms with Crippen LogP contribution < -0.4 is 0 Å². The van der Waals surface area contributed by atoms with Crippen molar-refractivity contribution in [1.82, 2.24) is 0 Å². The molecule has 16 heavy (non-hydrogen) atoms. The Kier molecular flexibility index (Phi) is 6.43. The lowest BCUT2D eigenvalue weighted by Crippen LogP contribution is -2.18. The van der Waals surface area contributed by atoms with E-state index in [1.807, 2.05) is 0 Å². The maximum Gasteiger partial charge on any atom is 0.327 e. The molecule has 1 N–H and O–H groups in total. The second kappa shape index (κ2) is 6.51. The second-order valence-corrected chi connectivity index (χ2v) is 6.95. The smallest absolute Gasteiger partial charge is 0.312 e. The molecular formula is C8H17O6PS. The first-order chi connectivity index (χ1) is 7.20. The summed E-state index contributed by atoms with van der Waals surface area (Å²) in [5.74, 6) is -1.02. The first kappa shape index (κ1) is 15.8. The fraction of sp³-hybridized carbons (Fsp3) is 0.750. The molecule has 96 valence electrons. The normalized spacial score (nSPS) is 18.5. The Morgan fingerprint density at radius 1 is 1.50 bits per heavy atom. The minimum absolute atomic E-state index is 0.0915. The number of allylic oxidation sites excluding steroid dienone is 1. The van der Waals surface area contributed by atoms with Crippen LogP contribution in [0.15, 0.2) is 12.2 Å². The van der Waals surface area contributed by atoms with Crippen molar-refractivity contribution < 1.29 is 26.6 Å². The van der Waals surface area contributed by atoms with Gasteiger partial charge in [0, 0.05) is 19.7 Å². The SMILES string of the molecule is CC=CC(COP(C)(=O)OC)CS(=O)(=O)O. The van der Waals surface area contributed by atoms with E-state index in [0.717, 1.165) is 0 Å². The van der Waals surface area contributed by atoms with Crippen LogP contribution in [0.1, 0.15) is 6.92 Å². The first-order valence-electron chi connectivity index (χ1n) is 4.56. The third-order valence-corrected chi connectivity index (χ3v) is 3.87. The molecule has 0 fully saturated rings. The van der Waals surface area contributed by atoms with E-state index in [2.05, 4.69) is 4.52 Å². The van der Waals surface area contributed by atoms with Crippen LogP contribution in [-0.2, 0) is 23.7 Å². The lowest BCUT2D eigenvalue weighted by molar-refractivity contribution is 0.221. The monoisotopic (exact) mass is 272 g/mol. The Morgan fingerprint density at radius 2 is 2.06 bits per heavy atom. The van der Waals surface area contributed by atoms with Crippen molar-refractivity contribution in [2.45, 2.75) is 6.92 Å². The fourth-order valence-corrected chi connectivity index (χ4v) is 2.30. The standard InChI is InChI=1S/C8H17O6PS/c1-4-5-8(7-16(10,11)12)6-14-15(3,9)13-2/h4-5,8H,6-7H2,1-3H3,(H,10,11,12). The van der Waals surface area contributed by atoms with E-state index in [0.29, 0.717) is 0 Å². The average Bonchev–Trinajstić information content (AvgIpc) is 2.13. The van der Waals surface area contributed by atoms with Gasteiger partial charge in [0.25, 0.3) is 10.1 Å². The van der Waals surface area contributed by atoms with Gasteiger partial charge in [0.05, 0.1) is 12.4 Å². The highest BCUT2D eigenvalue weighted by molar-refractivity contribution is 7.85. The molecule has 0 aromatic rings. The highest BCUT2D eigenvalue weighted by atomic mass is 32.2. The zero-order chi connectivity index (χ0) is 12.8. The molecule has 0 rings (SSSR count). The predicted octanol–water partition coefficient (Wildman–Crippen LogP) is 1.55. The van der Waals surface area contributed by atoms with Gasteiger partial charge in [0.15, 0.2) is 0 Å². The quantitative estimate of drug-likeness (QED) is 0.429. The molecule has 2 atom stereocenters. The van der Waals surface area contributed by atoms with Crippen LogP contribution in [0.25, 0.3) is 0 Å². The Morgan fingerprint density at radius 3 is 2.44 bits per heavy atom. The number of hydrogen-bond acceptors (Lipinski definition) is 5. The van der Waals surface area contributed by atoms with Gasteiger partial charge in [-0.25, -0.2) is 0 Å². The van der Waals surface area contributed by atoms with Crippen molar-refractivity contribution in [1.29, 1.82) is 0 Å². The van der Waals surface area contributed by atoms with Crippen LogP contribution >= 0.6 is 7.60 Å². The molecule has 0 aliphatic heterocycles. The molecule has 0 aliphatic carbocycles. The summed E-state index contributed by atoms with van der Waals surface area (Å²) in [4.78, 5) is 0. The zero-order valence-electron chi connectivity index (χ0n) is 9.49. The van der Waals surface area contributed by atoms with Gasteiger partial charge in [-0.2, -0.15) is 8.42 Å². The summed E-state index contributed by atoms with van der Waals surface area (Å²) in [6, 6.07) is 0. The largest absolute Gasteiger partial charge is 0.327 e. The van der Waals surface area contributed by atoms with Gasteiger partial charge in [0.2, 0.25) is 0 Å². The Balaban J connectivity index is 4.42. The molecule has 0 aromatic heterocycles. The van der Waals surface area contributed by atoms with Crippen LogP contribution in [0.4, 0.5) is 0 Å². The molecule has 0 aliphatic rings. The topological polar surface area (TPSA) is 89.9 Å². The highest BCUT2D eigenvalue weighted by Gasteiger charge is 2.20. The van der Waals surface area contributed by atoms with Crippen LogP contribution in [-0.4, -0.2) is 39.1 Å². The summed E-state index contributed by atoms with van der Waals surface area (Å²) in [5.41, 5.74) is 0. The van der Waals surface area contributed by atoms with Gasteiger partial charge in [-0.15, -0.1) is 0 Å². The van der Waals surface area contributed by atoms with Crippen LogP contribution in [0.2, 0.25) is 0 Å². The Bertz CT molecular complexity index is 374. The van der Waals surface area contributed by atoms with Crippen molar-refractivity contribution in [2.75, 3.05) is 26.1 Å². The highest BCUT2D eigenvalue weighted by Crippen LogP contribution is 2.43. The van der Waals surface area contributed by atoms with E-state index in [1.165, 1.54) is 13.8 Å². The molecule has 0 saturated heterocycles. The Hall–Kier alpha value is -0.200. The summed E-state index contributed by atoms with van der Waals surface area (Å²) in [6.45, 7) is 2.90. The van der Waals surface area contributed by atoms with Crippen molar-refractivity contribution >= 4 is 17.7 Å². The molecule has 0 amide bonds. The zero-order valence-corrected chi connectivity index (χ0v) is 11.2. The van der Waals surface area contributed by atoms with E-state index < -0.39 is 29.4 Å². The van der Waals surface area contributed by atoms with Crippen LogP contribution in [0.3, 0.4) is 0 Å². The number of hydrogen-bond donors (Lipinski definition) is 1. The lowest BCUT2D eigenvalue weighted by Gasteiger charge is -2.15. The van der Waals surface area contributed by atoms with Crippen molar-refractivity contribution in [3.8, 4) is 0 Å². The van der Waals surface area contributed by atoms with Gasteiger partial charge in [-0.1, -0.05) is 12.2 Å². The molecule has 0 spiro atoms. The maximum absolute atomic E-state index is 11.4. The van der Waals surface area contributed by atoms with E-state index in [9.17, 15) is 13.0 Å². The molecule has 0 heterocycles. The maximum atomic E-state index is 11.4. The molecular weight excluding hydrogens is 255 g/mol. The lowest BCUT2D eigenvalue weighted by atomic mass is 10.2. The summed E-state index contributed by atoms with van der Waals surface area (Å²) in [6.07, 6.45) is 3.19. The fourth-order valence-electron chi connectivity index (χ4n) is 0.986. The predicted molar refractivity (Wildman–Crippen MR) is 61.2 cm³/mol. The van der Waals surface area contributed by atoms with Crippen molar-refractivity contribution in [3.05, 3.63) is 12.2 Å². The summed E-state index contributed by atoms with van der Waals surface area (Å²) < 4.78 is 51.0. The van der Waals surface area contributed by atoms with Crippen molar-refractivity contribution in [2.24, 2.45) is 5.92 Å². The third kappa shape index (κ3) is 8.01. The Labute approximate surface area is 95.9 Å². The average molecular weight is 272 g/mol. The van der Waals surface area contributed by atoms with Gasteiger partial charge in [0.1, 0.15) is 0 Å². The minimum Gasteiger partial charge on any atom is -0.312 e. The van der Waals surface area contributed by atoms with Crippen molar-refractivity contribution in [3.63, 3.8) is 0 Å². The van der Waals surface area contributed by atoms with Gasteiger partial charge < -0.3 is 9.05 Å². The third-order valence-electron chi connectivity index (χ3n) is 1.74.